The molecule has 0 aliphatic carbocycles. The zero-order valence-electron chi connectivity index (χ0n) is 26.1. The van der Waals surface area contributed by atoms with Crippen LogP contribution in [0.2, 0.25) is 0 Å². The first-order valence-electron chi connectivity index (χ1n) is 15.0. The lowest BCUT2D eigenvalue weighted by molar-refractivity contribution is 0.666. The second kappa shape index (κ2) is 13.0. The fourth-order valence-corrected chi connectivity index (χ4v) is 6.68. The Hall–Kier alpha value is -4.16. The molecule has 1 atom stereocenters. The zero-order chi connectivity index (χ0) is 30.7. The predicted molar refractivity (Wildman–Crippen MR) is 190 cm³/mol. The minimum atomic E-state index is 0.0435. The van der Waals surface area contributed by atoms with Crippen molar-refractivity contribution in [2.24, 2.45) is 4.99 Å². The number of aryl methyl sites for hydroxylation is 1. The molecule has 2 heterocycles. The van der Waals surface area contributed by atoms with E-state index >= 15 is 0 Å². The van der Waals surface area contributed by atoms with Gasteiger partial charge in [-0.3, -0.25) is 10.4 Å². The first kappa shape index (κ1) is 30.3. The van der Waals surface area contributed by atoms with Gasteiger partial charge >= 0.3 is 0 Å². The van der Waals surface area contributed by atoms with Gasteiger partial charge in [-0.15, -0.1) is 11.3 Å². The van der Waals surface area contributed by atoms with Gasteiger partial charge in [0.05, 0.1) is 17.6 Å². The standard InChI is InChI=1S/C37H41BN4S/c1-7-23(2)20-34-22-42(27(6)39)37-35(24(3)26(5)43-37)36(41-34)32-16-14-31(15-17-32)30-12-10-29(11-13-30)25(4)40-21-28-8-18-33(38)19-9-28/h8-19,34,39-40H,2,4,7,20-22,38H2,1,3,5-6H3. The number of thiophene rings is 1. The summed E-state index contributed by atoms with van der Waals surface area (Å²) in [5, 5.41) is 13.2. The molecule has 5 rings (SSSR count). The molecule has 1 unspecified atom stereocenters. The summed E-state index contributed by atoms with van der Waals surface area (Å²) in [4.78, 5) is 8.78. The summed E-state index contributed by atoms with van der Waals surface area (Å²) in [6.07, 6.45) is 1.76. The fourth-order valence-electron chi connectivity index (χ4n) is 5.46. The largest absolute Gasteiger partial charge is 0.381 e. The van der Waals surface area contributed by atoms with Crippen LogP contribution in [-0.4, -0.2) is 32.0 Å². The van der Waals surface area contributed by atoms with E-state index in [1.807, 2.05) is 6.92 Å². The van der Waals surface area contributed by atoms with Crippen LogP contribution in [-0.2, 0) is 6.54 Å². The molecule has 0 saturated carbocycles. The molecule has 1 aliphatic heterocycles. The van der Waals surface area contributed by atoms with Crippen LogP contribution in [0.4, 0.5) is 5.00 Å². The number of anilines is 1. The van der Waals surface area contributed by atoms with Crippen molar-refractivity contribution in [3.8, 4) is 11.1 Å². The van der Waals surface area contributed by atoms with Crippen LogP contribution in [0.15, 0.2) is 96.5 Å². The zero-order valence-corrected chi connectivity index (χ0v) is 26.9. The van der Waals surface area contributed by atoms with Crippen molar-refractivity contribution in [1.82, 2.24) is 5.32 Å². The lowest BCUT2D eigenvalue weighted by Gasteiger charge is -2.24. The normalized spacial score (nSPS) is 14.5. The predicted octanol–water partition coefficient (Wildman–Crippen LogP) is 7.43. The maximum atomic E-state index is 8.57. The summed E-state index contributed by atoms with van der Waals surface area (Å²) in [6.45, 7) is 18.4. The van der Waals surface area contributed by atoms with E-state index in [4.69, 9.17) is 10.4 Å². The molecular formula is C37H41BN4S. The minimum Gasteiger partial charge on any atom is -0.381 e. The van der Waals surface area contributed by atoms with Crippen LogP contribution in [0.5, 0.6) is 0 Å². The third kappa shape index (κ3) is 6.75. The van der Waals surface area contributed by atoms with Crippen molar-refractivity contribution in [2.45, 2.75) is 53.1 Å². The highest BCUT2D eigenvalue weighted by atomic mass is 32.1. The number of amidine groups is 1. The van der Waals surface area contributed by atoms with Gasteiger partial charge in [0.2, 0.25) is 0 Å². The lowest BCUT2D eigenvalue weighted by atomic mass is 9.95. The van der Waals surface area contributed by atoms with Gasteiger partial charge in [-0.2, -0.15) is 0 Å². The molecular weight excluding hydrogens is 543 g/mol. The SMILES string of the molecule is Bc1ccc(CNC(=C)c2ccc(-c3ccc(C4=NC(CC(=C)CC)CN(C(C)=N)c5sc(C)c(C)c54)cc3)cc2)cc1. The summed E-state index contributed by atoms with van der Waals surface area (Å²) in [7, 11) is 2.10. The monoisotopic (exact) mass is 584 g/mol. The number of rotatable bonds is 9. The molecule has 0 amide bonds. The van der Waals surface area contributed by atoms with Gasteiger partial charge in [-0.05, 0) is 61.4 Å². The van der Waals surface area contributed by atoms with Crippen molar-refractivity contribution < 1.29 is 0 Å². The van der Waals surface area contributed by atoms with Gasteiger partial charge in [0.1, 0.15) is 12.8 Å². The molecule has 218 valence electrons. The Bertz CT molecular complexity index is 1680. The summed E-state index contributed by atoms with van der Waals surface area (Å²) >= 11 is 1.77. The van der Waals surface area contributed by atoms with Crippen LogP contribution >= 0.6 is 11.3 Å². The van der Waals surface area contributed by atoms with E-state index in [0.29, 0.717) is 12.4 Å². The maximum absolute atomic E-state index is 8.57. The Morgan fingerprint density at radius 1 is 0.977 bits per heavy atom. The van der Waals surface area contributed by atoms with Crippen LogP contribution in [0.3, 0.4) is 0 Å². The van der Waals surface area contributed by atoms with E-state index in [1.54, 1.807) is 11.3 Å². The molecule has 1 aromatic heterocycles. The highest BCUT2D eigenvalue weighted by Gasteiger charge is 2.30. The van der Waals surface area contributed by atoms with Crippen LogP contribution < -0.4 is 15.7 Å². The summed E-state index contributed by atoms with van der Waals surface area (Å²) < 4.78 is 0. The quantitative estimate of drug-likeness (QED) is 0.0931. The highest BCUT2D eigenvalue weighted by molar-refractivity contribution is 7.17. The molecule has 0 saturated heterocycles. The molecule has 0 radical (unpaired) electrons. The van der Waals surface area contributed by atoms with Crippen LogP contribution in [0, 0.1) is 19.3 Å². The van der Waals surface area contributed by atoms with E-state index in [0.717, 1.165) is 63.6 Å². The molecule has 0 fully saturated rings. The van der Waals surface area contributed by atoms with E-state index in [9.17, 15) is 0 Å². The van der Waals surface area contributed by atoms with Crippen molar-refractivity contribution in [3.63, 3.8) is 0 Å². The lowest BCUT2D eigenvalue weighted by Crippen LogP contribution is -2.34. The first-order valence-corrected chi connectivity index (χ1v) is 15.8. The number of aliphatic imine (C=N–C) groups is 1. The molecule has 4 nitrogen and oxygen atoms in total. The molecule has 4 aromatic rings. The number of benzene rings is 3. The molecule has 6 heteroatoms. The maximum Gasteiger partial charge on any atom is 0.139 e. The van der Waals surface area contributed by atoms with Crippen molar-refractivity contribution in [2.75, 3.05) is 11.4 Å². The van der Waals surface area contributed by atoms with E-state index in [2.05, 4.69) is 125 Å². The van der Waals surface area contributed by atoms with Gasteiger partial charge in [-0.25, -0.2) is 0 Å². The fraction of sp³-hybridized carbons (Fsp3) is 0.243. The van der Waals surface area contributed by atoms with E-state index in [-0.39, 0.29) is 6.04 Å². The second-order valence-corrected chi connectivity index (χ2v) is 12.8. The van der Waals surface area contributed by atoms with Crippen molar-refractivity contribution in [3.05, 3.63) is 124 Å². The van der Waals surface area contributed by atoms with Gasteiger partial charge in [0.15, 0.2) is 0 Å². The third-order valence-electron chi connectivity index (χ3n) is 8.33. The number of nitrogens with one attached hydrogen (secondary N) is 2. The molecule has 0 bridgehead atoms. The average molecular weight is 585 g/mol. The van der Waals surface area contributed by atoms with Gasteiger partial charge in [-0.1, -0.05) is 104 Å². The van der Waals surface area contributed by atoms with Crippen LogP contribution in [0.25, 0.3) is 16.8 Å². The van der Waals surface area contributed by atoms with Gasteiger partial charge < -0.3 is 10.2 Å². The molecule has 1 aliphatic rings. The number of hydrogen-bond donors (Lipinski definition) is 2. The highest BCUT2D eigenvalue weighted by Crippen LogP contribution is 2.40. The van der Waals surface area contributed by atoms with Gasteiger partial charge in [0, 0.05) is 34.8 Å². The summed E-state index contributed by atoms with van der Waals surface area (Å²) in [6, 6.07) is 26.0. The smallest absolute Gasteiger partial charge is 0.139 e. The Labute approximate surface area is 261 Å². The van der Waals surface area contributed by atoms with Gasteiger partial charge in [0.25, 0.3) is 0 Å². The topological polar surface area (TPSA) is 51.5 Å². The Morgan fingerprint density at radius 2 is 1.58 bits per heavy atom. The number of nitrogens with zero attached hydrogens (tertiary/aromatic N) is 2. The Morgan fingerprint density at radius 3 is 2.19 bits per heavy atom. The minimum absolute atomic E-state index is 0.0435. The molecule has 0 spiro atoms. The van der Waals surface area contributed by atoms with E-state index in [1.165, 1.54) is 27.0 Å². The average Bonchev–Trinajstić information content (AvgIpc) is 3.20. The van der Waals surface area contributed by atoms with Crippen molar-refractivity contribution >= 4 is 46.9 Å². The van der Waals surface area contributed by atoms with E-state index < -0.39 is 0 Å². The molecule has 43 heavy (non-hydrogen) atoms. The van der Waals surface area contributed by atoms with Crippen LogP contribution in [0.1, 0.15) is 59.4 Å². The number of fused-ring (bicyclic) bond motifs is 1. The number of hydrogen-bond acceptors (Lipinski definition) is 4. The summed E-state index contributed by atoms with van der Waals surface area (Å²) in [5.41, 5.74) is 12.6. The third-order valence-corrected chi connectivity index (χ3v) is 9.56. The summed E-state index contributed by atoms with van der Waals surface area (Å²) in [5.74, 6) is 0.554. The molecule has 3 aromatic carbocycles. The molecule has 2 N–H and O–H groups in total. The Balaban J connectivity index is 1.39. The Kier molecular flexibility index (Phi) is 9.17. The second-order valence-electron chi connectivity index (χ2n) is 11.6. The van der Waals surface area contributed by atoms with Crippen molar-refractivity contribution in [1.29, 1.82) is 5.41 Å². The first-order chi connectivity index (χ1) is 20.6.